The second kappa shape index (κ2) is 3.82. The minimum atomic E-state index is -4.95. The average molecular weight is 240 g/mol. The van der Waals surface area contributed by atoms with E-state index >= 15 is 0 Å². The summed E-state index contributed by atoms with van der Waals surface area (Å²) in [7, 11) is -4.95. The first-order valence-electron chi connectivity index (χ1n) is 3.79. The quantitative estimate of drug-likeness (QED) is 0.371. The summed E-state index contributed by atoms with van der Waals surface area (Å²) in [5.41, 5.74) is 0. The highest BCUT2D eigenvalue weighted by molar-refractivity contribution is 7.46. The maximum atomic E-state index is 11.0. The van der Waals surface area contributed by atoms with Crippen LogP contribution in [0.5, 0.6) is 0 Å². The molecule has 9 heteroatoms. The summed E-state index contributed by atoms with van der Waals surface area (Å²) in [6.45, 7) is 1.23. The van der Waals surface area contributed by atoms with E-state index in [4.69, 9.17) is 14.9 Å². The Morgan fingerprint density at radius 1 is 1.53 bits per heavy atom. The standard InChI is InChI=1S/C6H9O8P/c1-2(7)4-3(8)5(6(9)13-4)14-15(10,11)12/h2,4,7-8H,1H3,(H2,10,11,12)/t2-,4+/m0/s1. The van der Waals surface area contributed by atoms with Crippen LogP contribution in [0, 0.1) is 0 Å². The van der Waals surface area contributed by atoms with Gasteiger partial charge in [0.15, 0.2) is 11.9 Å². The summed E-state index contributed by atoms with van der Waals surface area (Å²) in [6, 6.07) is 0. The molecule has 1 aliphatic heterocycles. The van der Waals surface area contributed by atoms with E-state index < -0.39 is 37.5 Å². The van der Waals surface area contributed by atoms with Crippen molar-refractivity contribution < 1.29 is 38.6 Å². The highest BCUT2D eigenvalue weighted by Crippen LogP contribution is 2.42. The minimum absolute atomic E-state index is 0.835. The van der Waals surface area contributed by atoms with Crippen molar-refractivity contribution in [2.45, 2.75) is 19.1 Å². The van der Waals surface area contributed by atoms with E-state index in [1.165, 1.54) is 6.92 Å². The molecule has 0 aromatic heterocycles. The molecule has 0 aliphatic carbocycles. The predicted molar refractivity (Wildman–Crippen MR) is 44.3 cm³/mol. The van der Waals surface area contributed by atoms with Gasteiger partial charge >= 0.3 is 13.8 Å². The van der Waals surface area contributed by atoms with Crippen LogP contribution in [0.1, 0.15) is 6.92 Å². The molecule has 0 fully saturated rings. The Labute approximate surface area is 84.0 Å². The smallest absolute Gasteiger partial charge is 0.505 e. The van der Waals surface area contributed by atoms with Crippen molar-refractivity contribution in [2.75, 3.05) is 0 Å². The van der Waals surface area contributed by atoms with Crippen molar-refractivity contribution >= 4 is 13.8 Å². The summed E-state index contributed by atoms with van der Waals surface area (Å²) < 4.78 is 18.7. The fourth-order valence-corrected chi connectivity index (χ4v) is 1.39. The molecule has 1 heterocycles. The third-order valence-corrected chi connectivity index (χ3v) is 1.99. The van der Waals surface area contributed by atoms with Crippen molar-refractivity contribution in [3.05, 3.63) is 11.5 Å². The third kappa shape index (κ3) is 2.69. The summed E-state index contributed by atoms with van der Waals surface area (Å²) >= 11 is 0. The summed E-state index contributed by atoms with van der Waals surface area (Å²) in [5.74, 6) is -3.05. The predicted octanol–water partition coefficient (Wildman–Crippen LogP) is -0.829. The van der Waals surface area contributed by atoms with Gasteiger partial charge in [-0.05, 0) is 6.92 Å². The Hall–Kier alpha value is -1.08. The fourth-order valence-electron chi connectivity index (χ4n) is 0.988. The third-order valence-electron chi connectivity index (χ3n) is 1.57. The van der Waals surface area contributed by atoms with Crippen LogP contribution >= 0.6 is 7.82 Å². The van der Waals surface area contributed by atoms with Crippen LogP contribution in [0.4, 0.5) is 0 Å². The van der Waals surface area contributed by atoms with Crippen molar-refractivity contribution in [3.63, 3.8) is 0 Å². The number of cyclic esters (lactones) is 1. The number of rotatable bonds is 3. The highest BCUT2D eigenvalue weighted by Gasteiger charge is 2.41. The fraction of sp³-hybridized carbons (Fsp3) is 0.500. The Morgan fingerprint density at radius 3 is 2.40 bits per heavy atom. The van der Waals surface area contributed by atoms with E-state index in [0.717, 1.165) is 0 Å². The number of carbonyl (C=O) groups is 1. The first-order valence-corrected chi connectivity index (χ1v) is 5.32. The van der Waals surface area contributed by atoms with Crippen LogP contribution in [0.2, 0.25) is 0 Å². The van der Waals surface area contributed by atoms with Crippen molar-refractivity contribution in [3.8, 4) is 0 Å². The molecular weight excluding hydrogens is 231 g/mol. The Morgan fingerprint density at radius 2 is 2.07 bits per heavy atom. The number of ether oxygens (including phenoxy) is 1. The van der Waals surface area contributed by atoms with Gasteiger partial charge in [-0.2, -0.15) is 0 Å². The van der Waals surface area contributed by atoms with Crippen LogP contribution < -0.4 is 0 Å². The van der Waals surface area contributed by atoms with Crippen LogP contribution in [0.25, 0.3) is 0 Å². The SMILES string of the molecule is C[C@H](O)[C@H]1OC(=O)C(OP(=O)(O)O)=C1O. The largest absolute Gasteiger partial charge is 0.525 e. The molecule has 0 amide bonds. The van der Waals surface area contributed by atoms with Gasteiger partial charge in [-0.1, -0.05) is 0 Å². The molecule has 0 saturated carbocycles. The lowest BCUT2D eigenvalue weighted by Crippen LogP contribution is -2.25. The molecule has 0 aromatic carbocycles. The average Bonchev–Trinajstić information content (AvgIpc) is 2.29. The number of aliphatic hydroxyl groups excluding tert-OH is 2. The number of phosphoric ester groups is 1. The van der Waals surface area contributed by atoms with E-state index in [1.54, 1.807) is 0 Å². The maximum absolute atomic E-state index is 11.0. The molecule has 4 N–H and O–H groups in total. The normalized spacial score (nSPS) is 24.0. The maximum Gasteiger partial charge on any atom is 0.525 e. The van der Waals surface area contributed by atoms with Gasteiger partial charge in [-0.25, -0.2) is 9.36 Å². The number of hydrogen-bond donors (Lipinski definition) is 4. The van der Waals surface area contributed by atoms with Gasteiger partial charge in [0, 0.05) is 0 Å². The first kappa shape index (κ1) is 12.0. The van der Waals surface area contributed by atoms with Gasteiger partial charge in [0.05, 0.1) is 6.10 Å². The number of aliphatic hydroxyl groups is 2. The highest BCUT2D eigenvalue weighted by atomic mass is 31.2. The molecule has 0 spiro atoms. The molecule has 86 valence electrons. The molecule has 8 nitrogen and oxygen atoms in total. The van der Waals surface area contributed by atoms with E-state index in [2.05, 4.69) is 9.26 Å². The van der Waals surface area contributed by atoms with Gasteiger partial charge in [-0.15, -0.1) is 0 Å². The lowest BCUT2D eigenvalue weighted by molar-refractivity contribution is -0.146. The zero-order chi connectivity index (χ0) is 11.8. The van der Waals surface area contributed by atoms with E-state index in [-0.39, 0.29) is 0 Å². The molecule has 2 atom stereocenters. The molecule has 0 aromatic rings. The second-order valence-corrected chi connectivity index (χ2v) is 4.03. The van der Waals surface area contributed by atoms with E-state index in [0.29, 0.717) is 0 Å². The molecule has 0 unspecified atom stereocenters. The second-order valence-electron chi connectivity index (χ2n) is 2.86. The van der Waals surface area contributed by atoms with Crippen LogP contribution in [0.15, 0.2) is 11.5 Å². The van der Waals surface area contributed by atoms with Gasteiger partial charge in [0.25, 0.3) is 5.76 Å². The van der Waals surface area contributed by atoms with Gasteiger partial charge in [-0.3, -0.25) is 9.79 Å². The Bertz CT molecular complexity index is 352. The minimum Gasteiger partial charge on any atom is -0.505 e. The number of hydrogen-bond acceptors (Lipinski definition) is 6. The number of phosphoric acid groups is 1. The zero-order valence-electron chi connectivity index (χ0n) is 7.52. The van der Waals surface area contributed by atoms with Crippen molar-refractivity contribution in [1.29, 1.82) is 0 Å². The summed E-state index contributed by atoms with van der Waals surface area (Å²) in [6.07, 6.45) is -2.58. The molecular formula is C6H9O8P. The van der Waals surface area contributed by atoms with E-state index in [1.807, 2.05) is 0 Å². The monoisotopic (exact) mass is 240 g/mol. The van der Waals surface area contributed by atoms with Crippen LogP contribution in [-0.4, -0.2) is 38.2 Å². The molecule has 0 radical (unpaired) electrons. The molecule has 1 rings (SSSR count). The van der Waals surface area contributed by atoms with Gasteiger partial charge in [0.1, 0.15) is 0 Å². The summed E-state index contributed by atoms with van der Waals surface area (Å²) in [5, 5.41) is 18.3. The van der Waals surface area contributed by atoms with Crippen LogP contribution in [0.3, 0.4) is 0 Å². The Balaban J connectivity index is 2.95. The van der Waals surface area contributed by atoms with Gasteiger partial charge in [0.2, 0.25) is 0 Å². The summed E-state index contributed by atoms with van der Waals surface area (Å²) in [4.78, 5) is 27.8. The Kier molecular flexibility index (Phi) is 3.05. The molecule has 1 aliphatic rings. The van der Waals surface area contributed by atoms with E-state index in [9.17, 15) is 14.5 Å². The van der Waals surface area contributed by atoms with Crippen molar-refractivity contribution in [1.82, 2.24) is 0 Å². The topological polar surface area (TPSA) is 134 Å². The number of esters is 1. The first-order chi connectivity index (χ1) is 6.72. The lowest BCUT2D eigenvalue weighted by Gasteiger charge is -2.11. The van der Waals surface area contributed by atoms with Crippen LogP contribution in [-0.2, 0) is 18.6 Å². The zero-order valence-corrected chi connectivity index (χ0v) is 8.42. The van der Waals surface area contributed by atoms with Gasteiger partial charge < -0.3 is 19.5 Å². The molecule has 0 bridgehead atoms. The lowest BCUT2D eigenvalue weighted by atomic mass is 10.2. The van der Waals surface area contributed by atoms with Crippen molar-refractivity contribution in [2.24, 2.45) is 0 Å². The molecule has 15 heavy (non-hydrogen) atoms. The number of carbonyl (C=O) groups excluding carboxylic acids is 1. The molecule has 0 saturated heterocycles.